The van der Waals surface area contributed by atoms with E-state index in [1.807, 2.05) is 43.9 Å². The molecule has 160 valence electrons. The summed E-state index contributed by atoms with van der Waals surface area (Å²) in [7, 11) is 1.60. The largest absolute Gasteiger partial charge is 0.497 e. The fraction of sp³-hybridized carbons (Fsp3) is 0.478. The molecule has 7 nitrogen and oxygen atoms in total. The number of amides is 2. The van der Waals surface area contributed by atoms with Crippen LogP contribution in [0.15, 0.2) is 24.3 Å². The molecule has 0 bridgehead atoms. The Hall–Kier alpha value is -2.96. The number of ether oxygens (including phenoxy) is 1. The van der Waals surface area contributed by atoms with Crippen molar-refractivity contribution in [3.63, 3.8) is 0 Å². The standard InChI is InChI=1S/C23H30N4O3/c1-5-24-21(28)13-20-15(2)25-22(26-16(20)3)18-9-7-11-27(14-18)23(29)17-8-6-10-19(12-17)30-4/h6,8,10,12,18H,5,7,9,11,13-14H2,1-4H3,(H,24,28)/t18-/m0/s1. The summed E-state index contributed by atoms with van der Waals surface area (Å²) in [6.45, 7) is 7.67. The third-order valence-electron chi connectivity index (χ3n) is 5.54. The molecule has 0 spiro atoms. The lowest BCUT2D eigenvalue weighted by Crippen LogP contribution is -2.39. The van der Waals surface area contributed by atoms with Crippen molar-refractivity contribution in [2.45, 2.75) is 46.0 Å². The van der Waals surface area contributed by atoms with Crippen molar-refractivity contribution < 1.29 is 14.3 Å². The summed E-state index contributed by atoms with van der Waals surface area (Å²) in [4.78, 5) is 36.3. The van der Waals surface area contributed by atoms with Crippen molar-refractivity contribution in [2.24, 2.45) is 0 Å². The summed E-state index contributed by atoms with van der Waals surface area (Å²) in [5, 5.41) is 2.82. The molecule has 1 aliphatic heterocycles. The number of benzene rings is 1. The molecule has 0 unspecified atom stereocenters. The topological polar surface area (TPSA) is 84.4 Å². The highest BCUT2D eigenvalue weighted by Crippen LogP contribution is 2.27. The Morgan fingerprint density at radius 3 is 2.63 bits per heavy atom. The van der Waals surface area contributed by atoms with Crippen LogP contribution >= 0.6 is 0 Å². The molecule has 2 aromatic rings. The highest BCUT2D eigenvalue weighted by Gasteiger charge is 2.28. The molecular weight excluding hydrogens is 380 g/mol. The van der Waals surface area contributed by atoms with E-state index in [1.165, 1.54) is 0 Å². The first-order chi connectivity index (χ1) is 14.4. The number of likely N-dealkylation sites (N-methyl/N-ethyl adjacent to an activating group) is 1. The number of methoxy groups -OCH3 is 1. The minimum absolute atomic E-state index is 0.0000919. The van der Waals surface area contributed by atoms with E-state index in [-0.39, 0.29) is 24.2 Å². The summed E-state index contributed by atoms with van der Waals surface area (Å²) in [6, 6.07) is 7.25. The van der Waals surface area contributed by atoms with Crippen LogP contribution in [0.25, 0.3) is 0 Å². The van der Waals surface area contributed by atoms with E-state index in [0.29, 0.717) is 24.4 Å². The number of nitrogens with one attached hydrogen (secondary N) is 1. The average Bonchev–Trinajstić information content (AvgIpc) is 2.76. The van der Waals surface area contributed by atoms with Crippen LogP contribution in [-0.2, 0) is 11.2 Å². The SMILES string of the molecule is CCNC(=O)Cc1c(C)nc([C@H]2CCCN(C(=O)c3cccc(OC)c3)C2)nc1C. The quantitative estimate of drug-likeness (QED) is 0.792. The number of carbonyl (C=O) groups is 2. The zero-order valence-electron chi connectivity index (χ0n) is 18.2. The van der Waals surface area contributed by atoms with Gasteiger partial charge in [-0.15, -0.1) is 0 Å². The molecule has 1 fully saturated rings. The summed E-state index contributed by atoms with van der Waals surface area (Å²) < 4.78 is 5.24. The van der Waals surface area contributed by atoms with Gasteiger partial charge in [0.25, 0.3) is 5.91 Å². The van der Waals surface area contributed by atoms with Crippen LogP contribution in [0.1, 0.15) is 58.8 Å². The zero-order chi connectivity index (χ0) is 21.7. The number of likely N-dealkylation sites (tertiary alicyclic amines) is 1. The van der Waals surface area contributed by atoms with Gasteiger partial charge in [0.1, 0.15) is 11.6 Å². The van der Waals surface area contributed by atoms with Crippen LogP contribution in [0, 0.1) is 13.8 Å². The van der Waals surface area contributed by atoms with E-state index in [1.54, 1.807) is 13.2 Å². The Labute approximate surface area is 177 Å². The van der Waals surface area contributed by atoms with E-state index in [4.69, 9.17) is 14.7 Å². The first-order valence-corrected chi connectivity index (χ1v) is 10.5. The van der Waals surface area contributed by atoms with Crippen LogP contribution in [-0.4, -0.2) is 53.4 Å². The third-order valence-corrected chi connectivity index (χ3v) is 5.54. The Morgan fingerprint density at radius 2 is 1.97 bits per heavy atom. The normalized spacial score (nSPS) is 16.3. The van der Waals surface area contributed by atoms with Crippen molar-refractivity contribution in [2.75, 3.05) is 26.7 Å². The predicted octanol–water partition coefficient (Wildman–Crippen LogP) is 2.80. The molecule has 1 aliphatic rings. The van der Waals surface area contributed by atoms with Crippen molar-refractivity contribution in [3.05, 3.63) is 52.6 Å². The molecule has 1 atom stereocenters. The van der Waals surface area contributed by atoms with Crippen molar-refractivity contribution >= 4 is 11.8 Å². The minimum atomic E-state index is -0.0206. The number of aromatic nitrogens is 2. The maximum Gasteiger partial charge on any atom is 0.254 e. The average molecular weight is 411 g/mol. The predicted molar refractivity (Wildman–Crippen MR) is 115 cm³/mol. The molecule has 0 radical (unpaired) electrons. The summed E-state index contributed by atoms with van der Waals surface area (Å²) in [5.74, 6) is 1.50. The molecule has 1 saturated heterocycles. The molecular formula is C23H30N4O3. The second-order valence-electron chi connectivity index (χ2n) is 7.68. The zero-order valence-corrected chi connectivity index (χ0v) is 18.2. The number of piperidine rings is 1. The Kier molecular flexibility index (Phi) is 7.03. The fourth-order valence-electron chi connectivity index (χ4n) is 3.94. The first kappa shape index (κ1) is 21.7. The van der Waals surface area contributed by atoms with Gasteiger partial charge in [-0.25, -0.2) is 9.97 Å². The van der Waals surface area contributed by atoms with Gasteiger partial charge in [-0.1, -0.05) is 6.07 Å². The highest BCUT2D eigenvalue weighted by molar-refractivity contribution is 5.94. The number of nitrogens with zero attached hydrogens (tertiary/aromatic N) is 3. The maximum absolute atomic E-state index is 13.0. The molecule has 1 aromatic heterocycles. The molecule has 2 heterocycles. The smallest absolute Gasteiger partial charge is 0.254 e. The second-order valence-corrected chi connectivity index (χ2v) is 7.68. The van der Waals surface area contributed by atoms with Crippen LogP contribution in [0.5, 0.6) is 5.75 Å². The Bertz CT molecular complexity index is 905. The molecule has 1 aromatic carbocycles. The van der Waals surface area contributed by atoms with Gasteiger partial charge >= 0.3 is 0 Å². The van der Waals surface area contributed by atoms with Crippen LogP contribution < -0.4 is 10.1 Å². The van der Waals surface area contributed by atoms with Crippen molar-refractivity contribution in [1.29, 1.82) is 0 Å². The molecule has 3 rings (SSSR count). The van der Waals surface area contributed by atoms with Crippen molar-refractivity contribution in [1.82, 2.24) is 20.2 Å². The Balaban J connectivity index is 1.76. The van der Waals surface area contributed by atoms with Gasteiger partial charge in [0, 0.05) is 48.1 Å². The van der Waals surface area contributed by atoms with E-state index in [2.05, 4.69) is 5.32 Å². The van der Waals surface area contributed by atoms with Gasteiger partial charge < -0.3 is 15.0 Å². The van der Waals surface area contributed by atoms with E-state index in [0.717, 1.165) is 42.2 Å². The molecule has 7 heteroatoms. The number of aryl methyl sites for hydroxylation is 2. The number of carbonyl (C=O) groups excluding carboxylic acids is 2. The number of rotatable bonds is 6. The summed E-state index contributed by atoms with van der Waals surface area (Å²) >= 11 is 0. The first-order valence-electron chi connectivity index (χ1n) is 10.5. The second kappa shape index (κ2) is 9.69. The monoisotopic (exact) mass is 410 g/mol. The Morgan fingerprint density at radius 1 is 1.23 bits per heavy atom. The lowest BCUT2D eigenvalue weighted by Gasteiger charge is -2.32. The van der Waals surface area contributed by atoms with Gasteiger partial charge in [-0.05, 0) is 51.8 Å². The fourth-order valence-corrected chi connectivity index (χ4v) is 3.94. The lowest BCUT2D eigenvalue weighted by atomic mass is 9.95. The van der Waals surface area contributed by atoms with Gasteiger partial charge in [-0.3, -0.25) is 9.59 Å². The van der Waals surface area contributed by atoms with Gasteiger partial charge in [0.05, 0.1) is 13.5 Å². The van der Waals surface area contributed by atoms with Crippen LogP contribution in [0.3, 0.4) is 0 Å². The molecule has 0 saturated carbocycles. The molecule has 2 amide bonds. The number of hydrogen-bond acceptors (Lipinski definition) is 5. The van der Waals surface area contributed by atoms with E-state index in [9.17, 15) is 9.59 Å². The molecule has 1 N–H and O–H groups in total. The maximum atomic E-state index is 13.0. The lowest BCUT2D eigenvalue weighted by molar-refractivity contribution is -0.120. The highest BCUT2D eigenvalue weighted by atomic mass is 16.5. The number of hydrogen-bond donors (Lipinski definition) is 1. The molecule has 30 heavy (non-hydrogen) atoms. The summed E-state index contributed by atoms with van der Waals surface area (Å²) in [6.07, 6.45) is 2.13. The van der Waals surface area contributed by atoms with E-state index < -0.39 is 0 Å². The third kappa shape index (κ3) is 4.96. The minimum Gasteiger partial charge on any atom is -0.497 e. The summed E-state index contributed by atoms with van der Waals surface area (Å²) in [5.41, 5.74) is 3.17. The van der Waals surface area contributed by atoms with Crippen molar-refractivity contribution in [3.8, 4) is 5.75 Å². The van der Waals surface area contributed by atoms with Gasteiger partial charge in [0.2, 0.25) is 5.91 Å². The molecule has 0 aliphatic carbocycles. The van der Waals surface area contributed by atoms with Gasteiger partial charge in [0.15, 0.2) is 0 Å². The van der Waals surface area contributed by atoms with Crippen LogP contribution in [0.4, 0.5) is 0 Å². The van der Waals surface area contributed by atoms with Gasteiger partial charge in [-0.2, -0.15) is 0 Å². The van der Waals surface area contributed by atoms with Crippen LogP contribution in [0.2, 0.25) is 0 Å². The van der Waals surface area contributed by atoms with E-state index >= 15 is 0 Å².